The Morgan fingerprint density at radius 2 is 1.57 bits per heavy atom. The minimum absolute atomic E-state index is 0.0479. The molecule has 3 aromatic carbocycles. The highest BCUT2D eigenvalue weighted by Crippen LogP contribution is 2.49. The van der Waals surface area contributed by atoms with Crippen LogP contribution in [0.3, 0.4) is 0 Å². The summed E-state index contributed by atoms with van der Waals surface area (Å²) in [7, 11) is -3.58. The summed E-state index contributed by atoms with van der Waals surface area (Å²) in [6, 6.07) is 25.4. The van der Waals surface area contributed by atoms with Crippen LogP contribution in [0.4, 0.5) is 0 Å². The van der Waals surface area contributed by atoms with Gasteiger partial charge < -0.3 is 0 Å². The molecule has 0 spiro atoms. The van der Waals surface area contributed by atoms with Gasteiger partial charge in [-0.05, 0) is 72.1 Å². The van der Waals surface area contributed by atoms with Crippen LogP contribution >= 0.6 is 11.6 Å². The van der Waals surface area contributed by atoms with Gasteiger partial charge in [-0.1, -0.05) is 66.2 Å². The molecule has 0 unspecified atom stereocenters. The second kappa shape index (κ2) is 7.52. The van der Waals surface area contributed by atoms with Crippen molar-refractivity contribution in [2.75, 3.05) is 6.54 Å². The summed E-state index contributed by atoms with van der Waals surface area (Å²) in [6.07, 6.45) is 3.43. The van der Waals surface area contributed by atoms with E-state index in [-0.39, 0.29) is 11.5 Å². The molecule has 3 aromatic rings. The molecule has 1 aliphatic carbocycles. The minimum Gasteiger partial charge on any atom is -0.207 e. The number of fused-ring (bicyclic) bond motifs is 2. The molecule has 2 aliphatic rings. The Balaban J connectivity index is 1.57. The molecule has 5 rings (SSSR count). The molecule has 3 nitrogen and oxygen atoms in total. The Kier molecular flexibility index (Phi) is 4.97. The zero-order valence-electron chi connectivity index (χ0n) is 16.7. The van der Waals surface area contributed by atoms with Gasteiger partial charge in [0.2, 0.25) is 10.0 Å². The molecular weight excluding hydrogens is 414 g/mol. The predicted molar refractivity (Wildman–Crippen MR) is 120 cm³/mol. The number of nitrogens with zero attached hydrogens (tertiary/aromatic N) is 1. The van der Waals surface area contributed by atoms with Crippen molar-refractivity contribution < 1.29 is 8.42 Å². The van der Waals surface area contributed by atoms with Gasteiger partial charge in [0, 0.05) is 17.6 Å². The van der Waals surface area contributed by atoms with Crippen LogP contribution in [0.15, 0.2) is 83.8 Å². The van der Waals surface area contributed by atoms with Gasteiger partial charge in [0.25, 0.3) is 0 Å². The van der Waals surface area contributed by atoms with Crippen LogP contribution in [-0.2, 0) is 29.3 Å². The van der Waals surface area contributed by atoms with Crippen molar-refractivity contribution in [2.45, 2.75) is 36.6 Å². The summed E-state index contributed by atoms with van der Waals surface area (Å²) in [6.45, 7) is 0.552. The number of benzene rings is 3. The molecule has 1 fully saturated rings. The highest BCUT2D eigenvalue weighted by Gasteiger charge is 2.53. The highest BCUT2D eigenvalue weighted by molar-refractivity contribution is 7.89. The third-order valence-electron chi connectivity index (χ3n) is 6.78. The van der Waals surface area contributed by atoms with Crippen LogP contribution in [0.5, 0.6) is 0 Å². The van der Waals surface area contributed by atoms with Gasteiger partial charge >= 0.3 is 0 Å². The number of hydrogen-bond acceptors (Lipinski definition) is 2. The molecule has 0 amide bonds. The van der Waals surface area contributed by atoms with Crippen molar-refractivity contribution in [1.82, 2.24) is 4.31 Å². The van der Waals surface area contributed by atoms with Crippen LogP contribution in [0, 0.1) is 5.41 Å². The lowest BCUT2D eigenvalue weighted by Gasteiger charge is -2.42. The van der Waals surface area contributed by atoms with Gasteiger partial charge in [-0.25, -0.2) is 8.42 Å². The molecule has 30 heavy (non-hydrogen) atoms. The fourth-order valence-corrected chi connectivity index (χ4v) is 7.14. The maximum atomic E-state index is 13.6. The molecule has 1 heterocycles. The average molecular weight is 438 g/mol. The first kappa shape index (κ1) is 19.8. The molecule has 5 heteroatoms. The second-order valence-corrected chi connectivity index (χ2v) is 10.8. The van der Waals surface area contributed by atoms with Gasteiger partial charge in [-0.3, -0.25) is 0 Å². The van der Waals surface area contributed by atoms with E-state index in [0.29, 0.717) is 16.5 Å². The van der Waals surface area contributed by atoms with Crippen molar-refractivity contribution >= 4 is 21.6 Å². The maximum Gasteiger partial charge on any atom is 0.243 e. The first-order chi connectivity index (χ1) is 14.5. The lowest BCUT2D eigenvalue weighted by Crippen LogP contribution is -2.48. The van der Waals surface area contributed by atoms with Crippen LogP contribution in [0.2, 0.25) is 5.02 Å². The number of sulfonamides is 1. The molecule has 2 atom stereocenters. The summed E-state index contributed by atoms with van der Waals surface area (Å²) in [5.74, 6) is 0. The monoisotopic (exact) mass is 437 g/mol. The summed E-state index contributed by atoms with van der Waals surface area (Å²) in [4.78, 5) is 0.321. The first-order valence-electron chi connectivity index (χ1n) is 10.4. The van der Waals surface area contributed by atoms with Gasteiger partial charge in [0.15, 0.2) is 0 Å². The van der Waals surface area contributed by atoms with E-state index in [0.717, 1.165) is 25.7 Å². The topological polar surface area (TPSA) is 37.4 Å². The molecular formula is C25H24ClNO2S. The molecule has 0 saturated carbocycles. The lowest BCUT2D eigenvalue weighted by molar-refractivity contribution is 0.188. The molecule has 0 radical (unpaired) electrons. The number of hydrogen-bond donors (Lipinski definition) is 0. The fraction of sp³-hybridized carbons (Fsp3) is 0.280. The Labute approximate surface area is 183 Å². The molecule has 0 N–H and O–H groups in total. The Bertz CT molecular complexity index is 1160. The second-order valence-electron chi connectivity index (χ2n) is 8.51. The van der Waals surface area contributed by atoms with Crippen molar-refractivity contribution in [3.05, 3.63) is 101 Å². The van der Waals surface area contributed by atoms with Crippen molar-refractivity contribution in [3.8, 4) is 0 Å². The van der Waals surface area contributed by atoms with Crippen LogP contribution < -0.4 is 0 Å². The minimum atomic E-state index is -3.58. The maximum absolute atomic E-state index is 13.6. The van der Waals surface area contributed by atoms with Crippen molar-refractivity contribution in [3.63, 3.8) is 0 Å². The van der Waals surface area contributed by atoms with E-state index in [1.165, 1.54) is 16.7 Å². The van der Waals surface area contributed by atoms with E-state index >= 15 is 0 Å². The van der Waals surface area contributed by atoms with E-state index in [1.54, 1.807) is 28.6 Å². The molecule has 0 bridgehead atoms. The Hall–Kier alpha value is -2.14. The van der Waals surface area contributed by atoms with E-state index in [9.17, 15) is 8.42 Å². The summed E-state index contributed by atoms with van der Waals surface area (Å²) >= 11 is 5.99. The SMILES string of the molecule is O=S(=O)(c1ccc(Cl)cc1)N1CC[C@@]2(Cc3ccccc3)Cc3ccccc3C[C@@H]12. The Morgan fingerprint density at radius 3 is 2.30 bits per heavy atom. The van der Waals surface area contributed by atoms with E-state index in [1.807, 2.05) is 6.07 Å². The zero-order valence-corrected chi connectivity index (χ0v) is 18.2. The third kappa shape index (κ3) is 3.37. The number of halogens is 1. The fourth-order valence-electron chi connectivity index (χ4n) is 5.30. The molecule has 154 valence electrons. The number of rotatable bonds is 4. The quantitative estimate of drug-likeness (QED) is 0.567. The zero-order chi connectivity index (χ0) is 20.8. The van der Waals surface area contributed by atoms with Crippen LogP contribution in [0.1, 0.15) is 23.1 Å². The molecule has 1 saturated heterocycles. The summed E-state index contributed by atoms with van der Waals surface area (Å²) in [5, 5.41) is 0.542. The molecule has 1 aliphatic heterocycles. The first-order valence-corrected chi connectivity index (χ1v) is 12.2. The summed E-state index contributed by atoms with van der Waals surface area (Å²) in [5.41, 5.74) is 3.81. The predicted octanol–water partition coefficient (Wildman–Crippen LogP) is 5.13. The van der Waals surface area contributed by atoms with Gasteiger partial charge in [0.1, 0.15) is 0 Å². The van der Waals surface area contributed by atoms with Crippen LogP contribution in [-0.4, -0.2) is 25.3 Å². The van der Waals surface area contributed by atoms with Gasteiger partial charge in [-0.15, -0.1) is 0 Å². The highest BCUT2D eigenvalue weighted by atomic mass is 35.5. The van der Waals surface area contributed by atoms with E-state index in [2.05, 4.69) is 48.5 Å². The smallest absolute Gasteiger partial charge is 0.207 e. The average Bonchev–Trinajstić information content (AvgIpc) is 3.11. The third-order valence-corrected chi connectivity index (χ3v) is 8.95. The van der Waals surface area contributed by atoms with Gasteiger partial charge in [0.05, 0.1) is 4.90 Å². The summed E-state index contributed by atoms with van der Waals surface area (Å²) < 4.78 is 28.9. The largest absolute Gasteiger partial charge is 0.243 e. The lowest BCUT2D eigenvalue weighted by atomic mass is 9.65. The van der Waals surface area contributed by atoms with Crippen molar-refractivity contribution in [1.29, 1.82) is 0 Å². The van der Waals surface area contributed by atoms with E-state index < -0.39 is 10.0 Å². The standard InChI is InChI=1S/C25H24ClNO2S/c26-22-10-12-23(13-11-22)30(28,29)27-15-14-25(17-19-6-2-1-3-7-19)18-21-9-5-4-8-20(21)16-24(25)27/h1-13,24H,14-18H2/t24-,25-/m1/s1. The van der Waals surface area contributed by atoms with Crippen molar-refractivity contribution in [2.24, 2.45) is 5.41 Å². The van der Waals surface area contributed by atoms with Gasteiger partial charge in [-0.2, -0.15) is 4.31 Å². The normalized spacial score (nSPS) is 23.7. The molecule has 0 aromatic heterocycles. The Morgan fingerprint density at radius 1 is 0.900 bits per heavy atom. The van der Waals surface area contributed by atoms with E-state index in [4.69, 9.17) is 11.6 Å². The van der Waals surface area contributed by atoms with Crippen LogP contribution in [0.25, 0.3) is 0 Å².